The summed E-state index contributed by atoms with van der Waals surface area (Å²) in [5.74, 6) is 0. The summed E-state index contributed by atoms with van der Waals surface area (Å²) in [5, 5.41) is 3.82. The molecule has 14 heavy (non-hydrogen) atoms. The first-order chi connectivity index (χ1) is 6.90. The van der Waals surface area contributed by atoms with Crippen LogP contribution in [0.3, 0.4) is 0 Å². The Hall–Kier alpha value is -1.61. The number of nitrogens with two attached hydrogens (primary N) is 1. The fourth-order valence-corrected chi connectivity index (χ4v) is 1.40. The van der Waals surface area contributed by atoms with Crippen molar-refractivity contribution in [2.24, 2.45) is 5.73 Å². The molecule has 3 heteroatoms. The van der Waals surface area contributed by atoms with E-state index in [9.17, 15) is 0 Å². The Kier molecular flexibility index (Phi) is 2.60. The molecule has 0 unspecified atom stereocenters. The minimum atomic E-state index is 0.550. The van der Waals surface area contributed by atoms with Gasteiger partial charge in [0.1, 0.15) is 6.26 Å². The van der Waals surface area contributed by atoms with Gasteiger partial charge < -0.3 is 10.3 Å². The van der Waals surface area contributed by atoms with Crippen LogP contribution in [0.1, 0.15) is 16.8 Å². The van der Waals surface area contributed by atoms with Crippen LogP contribution in [0.5, 0.6) is 0 Å². The van der Waals surface area contributed by atoms with Crippen LogP contribution < -0.4 is 5.73 Å². The smallest absolute Gasteiger partial charge is 0.132 e. The summed E-state index contributed by atoms with van der Waals surface area (Å²) in [4.78, 5) is 0. The van der Waals surface area contributed by atoms with E-state index in [0.29, 0.717) is 6.54 Å². The maximum Gasteiger partial charge on any atom is 0.132 e. The van der Waals surface area contributed by atoms with Gasteiger partial charge in [-0.1, -0.05) is 29.4 Å². The second-order valence-electron chi connectivity index (χ2n) is 3.06. The average Bonchev–Trinajstić information content (AvgIpc) is 2.71. The molecule has 0 saturated carbocycles. The van der Waals surface area contributed by atoms with Crippen molar-refractivity contribution in [3.8, 4) is 0 Å². The lowest BCUT2D eigenvalue weighted by Crippen LogP contribution is -2.01. The van der Waals surface area contributed by atoms with Crippen molar-refractivity contribution in [3.05, 3.63) is 53.4 Å². The third kappa shape index (κ3) is 1.83. The first-order valence-electron chi connectivity index (χ1n) is 4.48. The molecule has 1 aromatic carbocycles. The van der Waals surface area contributed by atoms with Crippen LogP contribution >= 0.6 is 0 Å². The fourth-order valence-electron chi connectivity index (χ4n) is 1.40. The lowest BCUT2D eigenvalue weighted by atomic mass is 10.0. The van der Waals surface area contributed by atoms with Gasteiger partial charge in [0, 0.05) is 13.0 Å². The van der Waals surface area contributed by atoms with Gasteiger partial charge in [0.25, 0.3) is 0 Å². The van der Waals surface area contributed by atoms with Crippen molar-refractivity contribution in [3.63, 3.8) is 0 Å². The second kappa shape index (κ2) is 4.07. The van der Waals surface area contributed by atoms with E-state index in [0.717, 1.165) is 17.7 Å². The molecule has 0 aliphatic carbocycles. The van der Waals surface area contributed by atoms with Crippen LogP contribution in [0.2, 0.25) is 0 Å². The lowest BCUT2D eigenvalue weighted by molar-refractivity contribution is 0.413. The van der Waals surface area contributed by atoms with E-state index in [2.05, 4.69) is 11.2 Å². The Labute approximate surface area is 82.5 Å². The highest BCUT2D eigenvalue weighted by atomic mass is 16.5. The van der Waals surface area contributed by atoms with Gasteiger partial charge >= 0.3 is 0 Å². The van der Waals surface area contributed by atoms with E-state index >= 15 is 0 Å². The maximum atomic E-state index is 5.63. The van der Waals surface area contributed by atoms with Crippen LogP contribution in [-0.4, -0.2) is 5.16 Å². The molecule has 0 saturated heterocycles. The van der Waals surface area contributed by atoms with Gasteiger partial charge in [-0.05, 0) is 11.1 Å². The number of hydrogen-bond donors (Lipinski definition) is 1. The first kappa shape index (κ1) is 8.97. The van der Waals surface area contributed by atoms with Crippen LogP contribution in [0, 0.1) is 6.07 Å². The van der Waals surface area contributed by atoms with Crippen molar-refractivity contribution in [2.45, 2.75) is 13.0 Å². The molecule has 1 radical (unpaired) electrons. The molecule has 0 spiro atoms. The lowest BCUT2D eigenvalue weighted by Gasteiger charge is -2.04. The SMILES string of the molecule is NCc1ccccc1Cc1[c]con1. The first-order valence-corrected chi connectivity index (χ1v) is 4.48. The van der Waals surface area contributed by atoms with Gasteiger partial charge in [0.15, 0.2) is 0 Å². The summed E-state index contributed by atoms with van der Waals surface area (Å²) in [7, 11) is 0. The summed E-state index contributed by atoms with van der Waals surface area (Å²) in [6, 6.07) is 11.0. The van der Waals surface area contributed by atoms with E-state index in [1.807, 2.05) is 24.3 Å². The van der Waals surface area contributed by atoms with E-state index in [-0.39, 0.29) is 0 Å². The molecule has 0 amide bonds. The van der Waals surface area contributed by atoms with Crippen molar-refractivity contribution < 1.29 is 4.52 Å². The standard InChI is InChI=1S/C11H11N2O/c12-8-10-4-2-1-3-9(10)7-11-5-6-14-13-11/h1-4,6H,7-8,12H2. The van der Waals surface area contributed by atoms with Crippen LogP contribution in [0.4, 0.5) is 0 Å². The molecule has 2 N–H and O–H groups in total. The highest BCUT2D eigenvalue weighted by Crippen LogP contribution is 2.12. The van der Waals surface area contributed by atoms with E-state index in [1.165, 1.54) is 11.8 Å². The zero-order chi connectivity index (χ0) is 9.80. The highest BCUT2D eigenvalue weighted by Gasteiger charge is 2.03. The Morgan fingerprint density at radius 1 is 1.29 bits per heavy atom. The molecule has 2 rings (SSSR count). The third-order valence-corrected chi connectivity index (χ3v) is 2.14. The monoisotopic (exact) mass is 187 g/mol. The van der Waals surface area contributed by atoms with Crippen molar-refractivity contribution in [1.82, 2.24) is 5.16 Å². The van der Waals surface area contributed by atoms with Crippen LogP contribution in [0.15, 0.2) is 35.1 Å². The molecule has 0 aliphatic heterocycles. The zero-order valence-corrected chi connectivity index (χ0v) is 7.73. The molecule has 3 nitrogen and oxygen atoms in total. The van der Waals surface area contributed by atoms with Crippen molar-refractivity contribution >= 4 is 0 Å². The minimum absolute atomic E-state index is 0.550. The predicted molar refractivity (Wildman–Crippen MR) is 52.5 cm³/mol. The van der Waals surface area contributed by atoms with Gasteiger partial charge in [-0.25, -0.2) is 0 Å². The Morgan fingerprint density at radius 3 is 2.71 bits per heavy atom. The molecule has 0 atom stereocenters. The highest BCUT2D eigenvalue weighted by molar-refractivity contribution is 5.29. The number of rotatable bonds is 3. The molecular weight excluding hydrogens is 176 g/mol. The molecule has 1 heterocycles. The van der Waals surface area contributed by atoms with E-state index in [4.69, 9.17) is 10.3 Å². The van der Waals surface area contributed by atoms with E-state index < -0.39 is 0 Å². The van der Waals surface area contributed by atoms with Crippen LogP contribution in [0.25, 0.3) is 0 Å². The van der Waals surface area contributed by atoms with Gasteiger partial charge in [0.05, 0.1) is 11.8 Å². The average molecular weight is 187 g/mol. The molecule has 0 aliphatic rings. The normalized spacial score (nSPS) is 10.4. The summed E-state index contributed by atoms with van der Waals surface area (Å²) in [6.45, 7) is 0.550. The number of hydrogen-bond acceptors (Lipinski definition) is 3. The topological polar surface area (TPSA) is 52.0 Å². The quantitative estimate of drug-likeness (QED) is 0.792. The zero-order valence-electron chi connectivity index (χ0n) is 7.73. The fraction of sp³-hybridized carbons (Fsp3) is 0.182. The minimum Gasteiger partial charge on any atom is -0.364 e. The Morgan fingerprint density at radius 2 is 2.07 bits per heavy atom. The number of nitrogens with zero attached hydrogens (tertiary/aromatic N) is 1. The summed E-state index contributed by atoms with van der Waals surface area (Å²) < 4.78 is 4.72. The number of benzene rings is 1. The Balaban J connectivity index is 2.24. The Bertz CT molecular complexity index is 395. The van der Waals surface area contributed by atoms with Gasteiger partial charge in [-0.3, -0.25) is 0 Å². The van der Waals surface area contributed by atoms with Gasteiger partial charge in [0.2, 0.25) is 0 Å². The van der Waals surface area contributed by atoms with Gasteiger partial charge in [-0.2, -0.15) is 0 Å². The summed E-state index contributed by atoms with van der Waals surface area (Å²) in [5.41, 5.74) is 8.76. The third-order valence-electron chi connectivity index (χ3n) is 2.14. The largest absolute Gasteiger partial charge is 0.364 e. The molecule has 71 valence electrons. The molecular formula is C11H11N2O. The van der Waals surface area contributed by atoms with E-state index in [1.54, 1.807) is 0 Å². The molecule has 2 aromatic rings. The van der Waals surface area contributed by atoms with Gasteiger partial charge in [-0.15, -0.1) is 0 Å². The molecule has 1 aromatic heterocycles. The van der Waals surface area contributed by atoms with Crippen molar-refractivity contribution in [2.75, 3.05) is 0 Å². The molecule has 0 bridgehead atoms. The van der Waals surface area contributed by atoms with Crippen LogP contribution in [-0.2, 0) is 13.0 Å². The number of aromatic nitrogens is 1. The van der Waals surface area contributed by atoms with Crippen molar-refractivity contribution in [1.29, 1.82) is 0 Å². The predicted octanol–water partition coefficient (Wildman–Crippen LogP) is 1.52. The second-order valence-corrected chi connectivity index (χ2v) is 3.06. The summed E-state index contributed by atoms with van der Waals surface area (Å²) in [6.07, 6.45) is 2.18. The maximum absolute atomic E-state index is 5.63. The summed E-state index contributed by atoms with van der Waals surface area (Å²) >= 11 is 0. The molecule has 0 fully saturated rings.